The zero-order valence-corrected chi connectivity index (χ0v) is 14.9. The Bertz CT molecular complexity index is 700. The number of benzene rings is 1. The minimum Gasteiger partial charge on any atom is -0.454 e. The highest BCUT2D eigenvalue weighted by molar-refractivity contribution is 5.96. The number of ether oxygens (including phenoxy) is 1. The number of likely N-dealkylation sites (N-methyl/N-ethyl adjacent to an activating group) is 1. The molecule has 8 nitrogen and oxygen atoms in total. The van der Waals surface area contributed by atoms with E-state index in [2.05, 4.69) is 10.6 Å². The summed E-state index contributed by atoms with van der Waals surface area (Å²) in [5, 5.41) is 5.21. The number of nitrogens with zero attached hydrogens (tertiary/aromatic N) is 1. The first kappa shape index (κ1) is 19.4. The largest absolute Gasteiger partial charge is 0.454 e. The molecule has 0 radical (unpaired) electrons. The van der Waals surface area contributed by atoms with Crippen molar-refractivity contribution in [3.63, 3.8) is 0 Å². The predicted molar refractivity (Wildman–Crippen MR) is 93.3 cm³/mol. The molecule has 0 aromatic heterocycles. The van der Waals surface area contributed by atoms with E-state index in [1.54, 1.807) is 18.2 Å². The Kier molecular flexibility index (Phi) is 6.71. The SMILES string of the molecule is Cc1cccc(C(=O)NCC(=O)OCC(=O)N(C)CC(=O)NC2CC2)c1. The van der Waals surface area contributed by atoms with Crippen LogP contribution in [0.25, 0.3) is 0 Å². The van der Waals surface area contributed by atoms with E-state index in [4.69, 9.17) is 4.74 Å². The maximum atomic E-state index is 11.9. The monoisotopic (exact) mass is 361 g/mol. The lowest BCUT2D eigenvalue weighted by Crippen LogP contribution is -2.41. The molecular formula is C18H23N3O5. The van der Waals surface area contributed by atoms with Crippen molar-refractivity contribution in [1.29, 1.82) is 0 Å². The Morgan fingerprint density at radius 3 is 2.62 bits per heavy atom. The van der Waals surface area contributed by atoms with Gasteiger partial charge in [-0.25, -0.2) is 0 Å². The van der Waals surface area contributed by atoms with Crippen LogP contribution in [-0.2, 0) is 19.1 Å². The fourth-order valence-corrected chi connectivity index (χ4v) is 2.15. The van der Waals surface area contributed by atoms with Gasteiger partial charge in [-0.05, 0) is 31.9 Å². The molecule has 0 bridgehead atoms. The van der Waals surface area contributed by atoms with E-state index in [-0.39, 0.29) is 25.0 Å². The van der Waals surface area contributed by atoms with Gasteiger partial charge in [0.25, 0.3) is 11.8 Å². The van der Waals surface area contributed by atoms with Crippen LogP contribution in [0.5, 0.6) is 0 Å². The third-order valence-electron chi connectivity index (χ3n) is 3.78. The number of amides is 3. The molecule has 1 fully saturated rings. The van der Waals surface area contributed by atoms with E-state index >= 15 is 0 Å². The molecule has 0 aliphatic heterocycles. The van der Waals surface area contributed by atoms with Gasteiger partial charge in [0, 0.05) is 18.7 Å². The Hall–Kier alpha value is -2.90. The minimum atomic E-state index is -0.727. The van der Waals surface area contributed by atoms with E-state index < -0.39 is 24.4 Å². The van der Waals surface area contributed by atoms with Crippen molar-refractivity contribution in [2.75, 3.05) is 26.7 Å². The van der Waals surface area contributed by atoms with E-state index in [0.29, 0.717) is 5.56 Å². The van der Waals surface area contributed by atoms with Gasteiger partial charge in [0.15, 0.2) is 6.61 Å². The van der Waals surface area contributed by atoms with Gasteiger partial charge < -0.3 is 20.3 Å². The summed E-state index contributed by atoms with van der Waals surface area (Å²) in [7, 11) is 1.46. The topological polar surface area (TPSA) is 105 Å². The van der Waals surface area contributed by atoms with Crippen LogP contribution >= 0.6 is 0 Å². The van der Waals surface area contributed by atoms with Crippen molar-refractivity contribution in [2.45, 2.75) is 25.8 Å². The lowest BCUT2D eigenvalue weighted by molar-refractivity contribution is -0.151. The van der Waals surface area contributed by atoms with Gasteiger partial charge in [-0.15, -0.1) is 0 Å². The number of hydrogen-bond acceptors (Lipinski definition) is 5. The highest BCUT2D eigenvalue weighted by Crippen LogP contribution is 2.18. The fraction of sp³-hybridized carbons (Fsp3) is 0.444. The van der Waals surface area contributed by atoms with Crippen LogP contribution in [0.4, 0.5) is 0 Å². The second-order valence-electron chi connectivity index (χ2n) is 6.30. The third kappa shape index (κ3) is 6.54. The molecule has 140 valence electrons. The number of esters is 1. The summed E-state index contributed by atoms with van der Waals surface area (Å²) < 4.78 is 4.83. The standard InChI is InChI=1S/C18H23N3O5/c1-12-4-3-5-13(8-12)18(25)19-9-17(24)26-11-16(23)21(2)10-15(22)20-14-6-7-14/h3-5,8,14H,6-7,9-11H2,1-2H3,(H,19,25)(H,20,22). The first-order chi connectivity index (χ1) is 12.3. The Morgan fingerprint density at radius 1 is 1.23 bits per heavy atom. The molecule has 1 aromatic rings. The molecule has 26 heavy (non-hydrogen) atoms. The average Bonchev–Trinajstić information content (AvgIpc) is 3.41. The Balaban J connectivity index is 1.66. The number of carbonyl (C=O) groups excluding carboxylic acids is 4. The molecule has 1 aliphatic carbocycles. The summed E-state index contributed by atoms with van der Waals surface area (Å²) in [4.78, 5) is 48.3. The highest BCUT2D eigenvalue weighted by atomic mass is 16.5. The molecular weight excluding hydrogens is 338 g/mol. The molecule has 0 unspecified atom stereocenters. The fourth-order valence-electron chi connectivity index (χ4n) is 2.15. The Labute approximate surface area is 151 Å². The summed E-state index contributed by atoms with van der Waals surface area (Å²) in [5.74, 6) is -1.85. The first-order valence-electron chi connectivity index (χ1n) is 8.39. The van der Waals surface area contributed by atoms with Gasteiger partial charge in [0.2, 0.25) is 5.91 Å². The summed E-state index contributed by atoms with van der Waals surface area (Å²) in [6, 6.07) is 7.17. The quantitative estimate of drug-likeness (QED) is 0.635. The number of aryl methyl sites for hydroxylation is 1. The molecule has 2 rings (SSSR count). The molecule has 8 heteroatoms. The van der Waals surface area contributed by atoms with Gasteiger partial charge in [0.05, 0.1) is 6.54 Å². The first-order valence-corrected chi connectivity index (χ1v) is 8.39. The highest BCUT2D eigenvalue weighted by Gasteiger charge is 2.24. The van der Waals surface area contributed by atoms with Crippen molar-refractivity contribution in [3.8, 4) is 0 Å². The van der Waals surface area contributed by atoms with Gasteiger partial charge in [-0.1, -0.05) is 17.7 Å². The van der Waals surface area contributed by atoms with Gasteiger partial charge in [-0.2, -0.15) is 0 Å². The molecule has 2 N–H and O–H groups in total. The van der Waals surface area contributed by atoms with E-state index in [0.717, 1.165) is 18.4 Å². The van der Waals surface area contributed by atoms with Crippen LogP contribution in [0.3, 0.4) is 0 Å². The second-order valence-corrected chi connectivity index (χ2v) is 6.30. The van der Waals surface area contributed by atoms with E-state index in [9.17, 15) is 19.2 Å². The summed E-state index contributed by atoms with van der Waals surface area (Å²) in [5.41, 5.74) is 1.37. The van der Waals surface area contributed by atoms with Crippen molar-refractivity contribution in [3.05, 3.63) is 35.4 Å². The van der Waals surface area contributed by atoms with E-state index in [1.165, 1.54) is 11.9 Å². The van der Waals surface area contributed by atoms with Gasteiger partial charge in [-0.3, -0.25) is 19.2 Å². The zero-order valence-electron chi connectivity index (χ0n) is 14.9. The normalized spacial score (nSPS) is 12.8. The van der Waals surface area contributed by atoms with Crippen molar-refractivity contribution in [2.24, 2.45) is 0 Å². The molecule has 1 aliphatic rings. The predicted octanol–water partition coefficient (Wildman–Crippen LogP) is 0.00502. The smallest absolute Gasteiger partial charge is 0.325 e. The third-order valence-corrected chi connectivity index (χ3v) is 3.78. The molecule has 0 saturated heterocycles. The van der Waals surface area contributed by atoms with Gasteiger partial charge >= 0.3 is 5.97 Å². The van der Waals surface area contributed by atoms with Crippen LogP contribution in [0.15, 0.2) is 24.3 Å². The summed E-state index contributed by atoms with van der Waals surface area (Å²) >= 11 is 0. The van der Waals surface area contributed by atoms with Crippen LogP contribution in [0, 0.1) is 6.92 Å². The molecule has 0 spiro atoms. The molecule has 1 saturated carbocycles. The summed E-state index contributed by atoms with van der Waals surface area (Å²) in [6.45, 7) is 0.952. The van der Waals surface area contributed by atoms with Crippen molar-refractivity contribution in [1.82, 2.24) is 15.5 Å². The lowest BCUT2D eigenvalue weighted by atomic mass is 10.1. The maximum Gasteiger partial charge on any atom is 0.325 e. The molecule has 3 amide bonds. The van der Waals surface area contributed by atoms with Crippen molar-refractivity contribution < 1.29 is 23.9 Å². The minimum absolute atomic E-state index is 0.0863. The average molecular weight is 361 g/mol. The maximum absolute atomic E-state index is 11.9. The zero-order chi connectivity index (χ0) is 19.1. The lowest BCUT2D eigenvalue weighted by Gasteiger charge is -2.16. The Morgan fingerprint density at radius 2 is 1.96 bits per heavy atom. The van der Waals surface area contributed by atoms with Crippen molar-refractivity contribution >= 4 is 23.7 Å². The second kappa shape index (κ2) is 8.98. The number of rotatable bonds is 8. The van der Waals surface area contributed by atoms with Crippen LogP contribution in [0.1, 0.15) is 28.8 Å². The van der Waals surface area contributed by atoms with E-state index in [1.807, 2.05) is 13.0 Å². The van der Waals surface area contributed by atoms with Gasteiger partial charge in [0.1, 0.15) is 6.54 Å². The van der Waals surface area contributed by atoms with Crippen LogP contribution < -0.4 is 10.6 Å². The molecule has 1 aromatic carbocycles. The number of carbonyl (C=O) groups is 4. The number of nitrogens with one attached hydrogen (secondary N) is 2. The molecule has 0 heterocycles. The number of hydrogen-bond donors (Lipinski definition) is 2. The summed E-state index contributed by atoms with van der Waals surface area (Å²) in [6.07, 6.45) is 1.94. The molecule has 0 atom stereocenters. The van der Waals surface area contributed by atoms with Crippen LogP contribution in [-0.4, -0.2) is 61.4 Å². The van der Waals surface area contributed by atoms with Crippen LogP contribution in [0.2, 0.25) is 0 Å².